The van der Waals surface area contributed by atoms with E-state index in [1.54, 1.807) is 13.8 Å². The first-order valence-corrected chi connectivity index (χ1v) is 11.7. The topological polar surface area (TPSA) is 114 Å². The summed E-state index contributed by atoms with van der Waals surface area (Å²) in [5.41, 5.74) is 3.21. The number of alkyl carbamates (subject to hydrolysis) is 1. The monoisotopic (exact) mass is 482 g/mol. The van der Waals surface area contributed by atoms with E-state index in [1.165, 1.54) is 7.11 Å². The Bertz CT molecular complexity index is 1040. The standard InChI is InChI=1S/C27H34N2O6/c1-16(2)23(27(3,4)25(31)32)29-24(30)22(15-34-5)28-26(33)35-14-21-19-12-8-6-10-17(19)18-11-7-9-13-20(18)21/h6-13,16,21-23H,14-15H2,1-5H3,(H,28,33)(H,29,30)(H,31,32)/t22-,23?/m0/s1. The van der Waals surface area contributed by atoms with Gasteiger partial charge in [0.1, 0.15) is 12.6 Å². The third-order valence-electron chi connectivity index (χ3n) is 6.58. The lowest BCUT2D eigenvalue weighted by Gasteiger charge is -2.35. The predicted octanol–water partition coefficient (Wildman–Crippen LogP) is 3.79. The first kappa shape index (κ1) is 26.2. The summed E-state index contributed by atoms with van der Waals surface area (Å²) >= 11 is 0. The zero-order valence-electron chi connectivity index (χ0n) is 20.8. The van der Waals surface area contributed by atoms with Crippen molar-refractivity contribution in [2.45, 2.75) is 45.7 Å². The van der Waals surface area contributed by atoms with Gasteiger partial charge in [-0.15, -0.1) is 0 Å². The Balaban J connectivity index is 1.67. The van der Waals surface area contributed by atoms with E-state index in [2.05, 4.69) is 22.8 Å². The quantitative estimate of drug-likeness (QED) is 0.475. The molecule has 0 radical (unpaired) electrons. The van der Waals surface area contributed by atoms with Crippen molar-refractivity contribution in [2.24, 2.45) is 11.3 Å². The van der Waals surface area contributed by atoms with Gasteiger partial charge in [-0.05, 0) is 42.0 Å². The average molecular weight is 483 g/mol. The first-order valence-electron chi connectivity index (χ1n) is 11.7. The molecule has 3 rings (SSSR count). The molecule has 1 aliphatic rings. The van der Waals surface area contributed by atoms with E-state index in [0.29, 0.717) is 0 Å². The molecule has 0 fully saturated rings. The van der Waals surface area contributed by atoms with Crippen LogP contribution in [0, 0.1) is 11.3 Å². The Kier molecular flexibility index (Phi) is 8.17. The number of hydrogen-bond acceptors (Lipinski definition) is 5. The first-order chi connectivity index (χ1) is 16.6. The largest absolute Gasteiger partial charge is 0.481 e. The molecule has 0 bridgehead atoms. The summed E-state index contributed by atoms with van der Waals surface area (Å²) < 4.78 is 10.7. The number of nitrogens with one attached hydrogen (secondary N) is 2. The van der Waals surface area contributed by atoms with E-state index in [0.717, 1.165) is 22.3 Å². The van der Waals surface area contributed by atoms with Gasteiger partial charge in [0.05, 0.1) is 12.0 Å². The minimum absolute atomic E-state index is 0.0889. The van der Waals surface area contributed by atoms with Crippen LogP contribution in [0.3, 0.4) is 0 Å². The molecule has 2 amide bonds. The van der Waals surface area contributed by atoms with Gasteiger partial charge >= 0.3 is 12.1 Å². The zero-order valence-corrected chi connectivity index (χ0v) is 20.8. The third kappa shape index (κ3) is 5.65. The van der Waals surface area contributed by atoms with Crippen LogP contribution in [0.2, 0.25) is 0 Å². The number of aliphatic carboxylic acids is 1. The van der Waals surface area contributed by atoms with Gasteiger partial charge in [0, 0.05) is 19.1 Å². The molecule has 2 atom stereocenters. The lowest BCUT2D eigenvalue weighted by Crippen LogP contribution is -2.57. The van der Waals surface area contributed by atoms with E-state index in [4.69, 9.17) is 9.47 Å². The van der Waals surface area contributed by atoms with Crippen LogP contribution in [0.1, 0.15) is 44.7 Å². The second-order valence-electron chi connectivity index (χ2n) is 9.73. The van der Waals surface area contributed by atoms with Crippen molar-refractivity contribution in [3.63, 3.8) is 0 Å². The molecule has 188 valence electrons. The summed E-state index contributed by atoms with van der Waals surface area (Å²) in [5, 5.41) is 15.0. The number of carbonyl (C=O) groups excluding carboxylic acids is 2. The number of benzene rings is 2. The van der Waals surface area contributed by atoms with Crippen LogP contribution < -0.4 is 10.6 Å². The highest BCUT2D eigenvalue weighted by Crippen LogP contribution is 2.44. The van der Waals surface area contributed by atoms with Gasteiger partial charge in [-0.25, -0.2) is 4.79 Å². The average Bonchev–Trinajstić information content (AvgIpc) is 3.14. The number of hydrogen-bond donors (Lipinski definition) is 3. The summed E-state index contributed by atoms with van der Waals surface area (Å²) in [6.07, 6.45) is -0.748. The van der Waals surface area contributed by atoms with Crippen LogP contribution in [0.15, 0.2) is 48.5 Å². The molecular weight excluding hydrogens is 448 g/mol. The molecule has 8 heteroatoms. The fraction of sp³-hybridized carbons (Fsp3) is 0.444. The number of amides is 2. The van der Waals surface area contributed by atoms with Gasteiger partial charge < -0.3 is 25.2 Å². The van der Waals surface area contributed by atoms with Crippen LogP contribution in [-0.2, 0) is 19.1 Å². The molecule has 1 unspecified atom stereocenters. The number of methoxy groups -OCH3 is 1. The number of rotatable bonds is 10. The highest BCUT2D eigenvalue weighted by Gasteiger charge is 2.40. The summed E-state index contributed by atoms with van der Waals surface area (Å²) in [7, 11) is 1.42. The Morgan fingerprint density at radius 1 is 0.971 bits per heavy atom. The lowest BCUT2D eigenvalue weighted by atomic mass is 9.78. The number of fused-ring (bicyclic) bond motifs is 3. The van der Waals surface area contributed by atoms with Gasteiger partial charge in [-0.2, -0.15) is 0 Å². The summed E-state index contributed by atoms with van der Waals surface area (Å²) in [4.78, 5) is 37.4. The van der Waals surface area contributed by atoms with Crippen LogP contribution >= 0.6 is 0 Å². The minimum atomic E-state index is -1.20. The van der Waals surface area contributed by atoms with Crippen LogP contribution in [0.25, 0.3) is 11.1 Å². The Hall–Kier alpha value is -3.39. The van der Waals surface area contributed by atoms with Crippen molar-refractivity contribution < 1.29 is 29.0 Å². The Morgan fingerprint density at radius 2 is 1.51 bits per heavy atom. The Labute approximate surface area is 206 Å². The Morgan fingerprint density at radius 3 is 2.00 bits per heavy atom. The maximum Gasteiger partial charge on any atom is 0.407 e. The normalized spacial score (nSPS) is 14.6. The van der Waals surface area contributed by atoms with Gasteiger partial charge in [-0.3, -0.25) is 9.59 Å². The van der Waals surface area contributed by atoms with Crippen molar-refractivity contribution in [2.75, 3.05) is 20.3 Å². The van der Waals surface area contributed by atoms with Crippen molar-refractivity contribution in [1.29, 1.82) is 0 Å². The second kappa shape index (κ2) is 10.9. The van der Waals surface area contributed by atoms with E-state index in [-0.39, 0.29) is 25.0 Å². The predicted molar refractivity (Wildman–Crippen MR) is 132 cm³/mol. The smallest absolute Gasteiger partial charge is 0.407 e. The lowest BCUT2D eigenvalue weighted by molar-refractivity contribution is -0.150. The zero-order chi connectivity index (χ0) is 25.8. The number of ether oxygens (including phenoxy) is 2. The van der Waals surface area contributed by atoms with Gasteiger partial charge in [0.2, 0.25) is 5.91 Å². The maximum absolute atomic E-state index is 13.0. The molecule has 0 heterocycles. The van der Waals surface area contributed by atoms with Crippen molar-refractivity contribution in [3.05, 3.63) is 59.7 Å². The minimum Gasteiger partial charge on any atom is -0.481 e. The fourth-order valence-corrected chi connectivity index (χ4v) is 4.70. The molecular formula is C27H34N2O6. The molecule has 3 N–H and O–H groups in total. The third-order valence-corrected chi connectivity index (χ3v) is 6.58. The molecule has 0 spiro atoms. The van der Waals surface area contributed by atoms with Crippen LogP contribution in [-0.4, -0.2) is 55.5 Å². The summed E-state index contributed by atoms with van der Waals surface area (Å²) in [6.45, 7) is 6.81. The maximum atomic E-state index is 13.0. The van der Waals surface area contributed by atoms with Crippen molar-refractivity contribution in [1.82, 2.24) is 10.6 Å². The molecule has 0 aromatic heterocycles. The number of carboxylic acid groups (broad SMARTS) is 1. The molecule has 2 aromatic rings. The SMILES string of the molecule is COC[C@H](NC(=O)OCC1c2ccccc2-c2ccccc21)C(=O)NC(C(C)C)C(C)(C)C(=O)O. The molecule has 35 heavy (non-hydrogen) atoms. The van der Waals surface area contributed by atoms with E-state index in [9.17, 15) is 19.5 Å². The molecule has 2 aromatic carbocycles. The van der Waals surface area contributed by atoms with Gasteiger partial charge in [0.15, 0.2) is 0 Å². The van der Waals surface area contributed by atoms with E-state index in [1.807, 2.05) is 50.2 Å². The van der Waals surface area contributed by atoms with E-state index < -0.39 is 35.5 Å². The number of carbonyl (C=O) groups is 3. The molecule has 0 saturated carbocycles. The highest BCUT2D eigenvalue weighted by molar-refractivity contribution is 5.87. The highest BCUT2D eigenvalue weighted by atomic mass is 16.5. The van der Waals surface area contributed by atoms with Crippen molar-refractivity contribution in [3.8, 4) is 11.1 Å². The fourth-order valence-electron chi connectivity index (χ4n) is 4.70. The molecule has 8 nitrogen and oxygen atoms in total. The second-order valence-corrected chi connectivity index (χ2v) is 9.73. The molecule has 0 saturated heterocycles. The molecule has 1 aliphatic carbocycles. The van der Waals surface area contributed by atoms with Crippen LogP contribution in [0.5, 0.6) is 0 Å². The van der Waals surface area contributed by atoms with Crippen molar-refractivity contribution >= 4 is 18.0 Å². The van der Waals surface area contributed by atoms with Gasteiger partial charge in [0.25, 0.3) is 0 Å². The molecule has 0 aliphatic heterocycles. The number of carboxylic acids is 1. The van der Waals surface area contributed by atoms with E-state index >= 15 is 0 Å². The van der Waals surface area contributed by atoms with Crippen LogP contribution in [0.4, 0.5) is 4.79 Å². The van der Waals surface area contributed by atoms with Gasteiger partial charge in [-0.1, -0.05) is 62.4 Å². The summed E-state index contributed by atoms with van der Waals surface area (Å²) in [5.74, 6) is -1.81. The summed E-state index contributed by atoms with van der Waals surface area (Å²) in [6, 6.07) is 14.3.